The lowest BCUT2D eigenvalue weighted by Gasteiger charge is -2.58. The van der Waals surface area contributed by atoms with Gasteiger partial charge in [-0.25, -0.2) is 0 Å². The van der Waals surface area contributed by atoms with Gasteiger partial charge in [-0.2, -0.15) is 0 Å². The van der Waals surface area contributed by atoms with Crippen LogP contribution in [0.2, 0.25) is 0 Å². The molecule has 0 heterocycles. The van der Waals surface area contributed by atoms with Crippen LogP contribution >= 0.6 is 0 Å². The molecule has 0 aromatic heterocycles. The van der Waals surface area contributed by atoms with Crippen LogP contribution < -0.4 is 0 Å². The summed E-state index contributed by atoms with van der Waals surface area (Å²) in [5.74, 6) is 3.04. The highest BCUT2D eigenvalue weighted by Crippen LogP contribution is 2.66. The van der Waals surface area contributed by atoms with E-state index in [1.807, 2.05) is 0 Å². The molecule has 4 rings (SSSR count). The van der Waals surface area contributed by atoms with Gasteiger partial charge in [-0.05, 0) is 93.3 Å². The maximum absolute atomic E-state index is 11.6. The summed E-state index contributed by atoms with van der Waals surface area (Å²) in [4.78, 5) is 0. The number of fused-ring (bicyclic) bond motifs is 5. The minimum absolute atomic E-state index is 0.0651. The van der Waals surface area contributed by atoms with Crippen molar-refractivity contribution in [1.82, 2.24) is 0 Å². The highest BCUT2D eigenvalue weighted by Gasteiger charge is 2.61. The molecule has 0 aromatic rings. The zero-order chi connectivity index (χ0) is 22.6. The Morgan fingerprint density at radius 3 is 2.55 bits per heavy atom. The highest BCUT2D eigenvalue weighted by molar-refractivity contribution is 5.32. The molecule has 0 spiro atoms. The molecule has 4 aliphatic rings. The second-order valence-corrected chi connectivity index (χ2v) is 12.2. The number of allylic oxidation sites excluding steroid dienone is 1. The highest BCUT2D eigenvalue weighted by atomic mass is 16.3. The van der Waals surface area contributed by atoms with Crippen molar-refractivity contribution in [1.29, 1.82) is 0 Å². The zero-order valence-corrected chi connectivity index (χ0v) is 20.3. The van der Waals surface area contributed by atoms with Crippen LogP contribution in [0.15, 0.2) is 23.8 Å². The van der Waals surface area contributed by atoms with E-state index in [2.05, 4.69) is 40.3 Å². The Morgan fingerprint density at radius 2 is 1.87 bits per heavy atom. The standard InChI is InChI=1S/C28H46O3/c1-17(2)18(3)6-7-19(4)23-10-11-24-22-9-8-20-14-21(30)12-13-28(20,16-29)25(22)15-26(31)27(23,24)5/h15,17,19-24,26,29-31H,3,6-14,16H2,1-2,4-5H3/t19-,20?,21+,22?,23-,24?,26+,27-,28-/m1/s1. The average molecular weight is 431 g/mol. The third-order valence-corrected chi connectivity index (χ3v) is 10.6. The van der Waals surface area contributed by atoms with Crippen LogP contribution in [0.25, 0.3) is 0 Å². The van der Waals surface area contributed by atoms with Crippen LogP contribution in [-0.4, -0.2) is 34.1 Å². The molecule has 0 aromatic carbocycles. The third-order valence-electron chi connectivity index (χ3n) is 10.6. The molecular formula is C28H46O3. The van der Waals surface area contributed by atoms with Gasteiger partial charge < -0.3 is 15.3 Å². The topological polar surface area (TPSA) is 60.7 Å². The van der Waals surface area contributed by atoms with E-state index in [0.717, 1.165) is 38.5 Å². The van der Waals surface area contributed by atoms with E-state index in [-0.39, 0.29) is 23.5 Å². The van der Waals surface area contributed by atoms with Crippen LogP contribution in [0, 0.1) is 46.3 Å². The van der Waals surface area contributed by atoms with E-state index < -0.39 is 6.10 Å². The van der Waals surface area contributed by atoms with Gasteiger partial charge in [-0.15, -0.1) is 0 Å². The largest absolute Gasteiger partial charge is 0.395 e. The number of hydrogen-bond acceptors (Lipinski definition) is 3. The van der Waals surface area contributed by atoms with E-state index in [9.17, 15) is 15.3 Å². The molecule has 3 heteroatoms. The minimum Gasteiger partial charge on any atom is -0.395 e. The van der Waals surface area contributed by atoms with Gasteiger partial charge in [0.25, 0.3) is 0 Å². The molecule has 3 nitrogen and oxygen atoms in total. The number of aliphatic hydroxyl groups excluding tert-OH is 3. The summed E-state index contributed by atoms with van der Waals surface area (Å²) in [7, 11) is 0. The lowest BCUT2D eigenvalue weighted by atomic mass is 9.47. The fraction of sp³-hybridized carbons (Fsp3) is 0.857. The first kappa shape index (κ1) is 23.5. The fourth-order valence-corrected chi connectivity index (χ4v) is 8.47. The summed E-state index contributed by atoms with van der Waals surface area (Å²) < 4.78 is 0. The Balaban J connectivity index is 1.59. The van der Waals surface area contributed by atoms with Crippen molar-refractivity contribution in [3.8, 4) is 0 Å². The Kier molecular flexibility index (Phi) is 6.53. The second-order valence-electron chi connectivity index (χ2n) is 12.2. The van der Waals surface area contributed by atoms with Crippen molar-refractivity contribution in [2.24, 2.45) is 46.3 Å². The minimum atomic E-state index is -0.430. The van der Waals surface area contributed by atoms with Crippen LogP contribution in [0.1, 0.15) is 85.5 Å². The van der Waals surface area contributed by atoms with Crippen molar-refractivity contribution in [2.45, 2.75) is 97.7 Å². The van der Waals surface area contributed by atoms with Crippen molar-refractivity contribution < 1.29 is 15.3 Å². The molecule has 31 heavy (non-hydrogen) atoms. The predicted octanol–water partition coefficient (Wildman–Crippen LogP) is 5.50. The molecule has 0 aliphatic heterocycles. The smallest absolute Gasteiger partial charge is 0.0783 e. The van der Waals surface area contributed by atoms with E-state index in [1.54, 1.807) is 0 Å². The first-order valence-corrected chi connectivity index (χ1v) is 13.0. The number of aliphatic hydroxyl groups is 3. The van der Waals surface area contributed by atoms with Gasteiger partial charge in [0.15, 0.2) is 0 Å². The molecule has 176 valence electrons. The average Bonchev–Trinajstić information content (AvgIpc) is 3.10. The summed E-state index contributed by atoms with van der Waals surface area (Å²) in [6, 6.07) is 0. The maximum atomic E-state index is 11.6. The van der Waals surface area contributed by atoms with Gasteiger partial charge in [-0.1, -0.05) is 51.5 Å². The first-order chi connectivity index (χ1) is 14.6. The molecule has 3 saturated carbocycles. The van der Waals surface area contributed by atoms with E-state index in [4.69, 9.17) is 0 Å². The summed E-state index contributed by atoms with van der Waals surface area (Å²) in [5, 5.41) is 32.4. The van der Waals surface area contributed by atoms with Crippen LogP contribution in [-0.2, 0) is 0 Å². The van der Waals surface area contributed by atoms with Gasteiger partial charge in [0, 0.05) is 10.8 Å². The third kappa shape index (κ3) is 3.67. The Labute approximate surface area is 190 Å². The summed E-state index contributed by atoms with van der Waals surface area (Å²) in [6.45, 7) is 13.7. The molecule has 3 fully saturated rings. The SMILES string of the molecule is C=C(CC[C@@H](C)[C@H]1CCC2C3CCC4C[C@@H](O)CC[C@]4(CO)C3=C[C@H](O)[C@@]21C)C(C)C. The van der Waals surface area contributed by atoms with Crippen molar-refractivity contribution >= 4 is 0 Å². The van der Waals surface area contributed by atoms with Crippen LogP contribution in [0.3, 0.4) is 0 Å². The monoisotopic (exact) mass is 430 g/mol. The molecule has 4 aliphatic carbocycles. The molecule has 0 bridgehead atoms. The predicted molar refractivity (Wildman–Crippen MR) is 126 cm³/mol. The Bertz CT molecular complexity index is 711. The molecule has 0 amide bonds. The molecule has 3 unspecified atom stereocenters. The van der Waals surface area contributed by atoms with Gasteiger partial charge in [0.05, 0.1) is 18.8 Å². The van der Waals surface area contributed by atoms with Crippen LogP contribution in [0.5, 0.6) is 0 Å². The van der Waals surface area contributed by atoms with Crippen molar-refractivity contribution in [2.75, 3.05) is 6.61 Å². The molecule has 9 atom stereocenters. The van der Waals surface area contributed by atoms with Gasteiger partial charge >= 0.3 is 0 Å². The van der Waals surface area contributed by atoms with Crippen molar-refractivity contribution in [3.05, 3.63) is 23.8 Å². The van der Waals surface area contributed by atoms with E-state index in [1.165, 1.54) is 30.4 Å². The summed E-state index contributed by atoms with van der Waals surface area (Å²) >= 11 is 0. The number of rotatable bonds is 6. The number of hydrogen-bond donors (Lipinski definition) is 3. The molecular weight excluding hydrogens is 384 g/mol. The van der Waals surface area contributed by atoms with Gasteiger partial charge in [0.2, 0.25) is 0 Å². The first-order valence-electron chi connectivity index (χ1n) is 13.0. The van der Waals surface area contributed by atoms with Crippen LogP contribution in [0.4, 0.5) is 0 Å². The molecule has 0 radical (unpaired) electrons. The summed E-state index contributed by atoms with van der Waals surface area (Å²) in [5.41, 5.74) is 2.43. The maximum Gasteiger partial charge on any atom is 0.0783 e. The van der Waals surface area contributed by atoms with E-state index in [0.29, 0.717) is 35.5 Å². The molecule has 3 N–H and O–H groups in total. The zero-order valence-electron chi connectivity index (χ0n) is 20.3. The lowest BCUT2D eigenvalue weighted by molar-refractivity contribution is -0.0777. The van der Waals surface area contributed by atoms with Gasteiger partial charge in [0.1, 0.15) is 0 Å². The Hall–Kier alpha value is -0.640. The lowest BCUT2D eigenvalue weighted by Crippen LogP contribution is -2.55. The molecule has 0 saturated heterocycles. The summed E-state index contributed by atoms with van der Waals surface area (Å²) in [6.07, 6.45) is 10.9. The second kappa shape index (κ2) is 8.61. The van der Waals surface area contributed by atoms with E-state index >= 15 is 0 Å². The fourth-order valence-electron chi connectivity index (χ4n) is 8.47. The van der Waals surface area contributed by atoms with Crippen molar-refractivity contribution in [3.63, 3.8) is 0 Å². The quantitative estimate of drug-likeness (QED) is 0.488. The Morgan fingerprint density at radius 1 is 1.13 bits per heavy atom. The van der Waals surface area contributed by atoms with Gasteiger partial charge in [-0.3, -0.25) is 0 Å². The normalized spacial score (nSPS) is 45.5.